The van der Waals surface area contributed by atoms with Crippen LogP contribution in [0.4, 0.5) is 0 Å². The van der Waals surface area contributed by atoms with Crippen molar-refractivity contribution in [3.05, 3.63) is 174 Å². The number of hydrogen-bond acceptors (Lipinski definition) is 6. The van der Waals surface area contributed by atoms with Gasteiger partial charge in [0.15, 0.2) is 5.75 Å². The molecule has 7 aromatic rings. The zero-order chi connectivity index (χ0) is 32.2. The highest BCUT2D eigenvalue weighted by atomic mass is 16.6. The summed E-state index contributed by atoms with van der Waals surface area (Å²) in [5, 5.41) is 2.08. The van der Waals surface area contributed by atoms with Crippen molar-refractivity contribution in [2.24, 2.45) is 0 Å². The van der Waals surface area contributed by atoms with Crippen LogP contribution in [0.15, 0.2) is 158 Å². The molecule has 7 aromatic carbocycles. The van der Waals surface area contributed by atoms with E-state index >= 15 is 0 Å². The second kappa shape index (κ2) is 12.8. The Hall–Kier alpha value is -6.53. The van der Waals surface area contributed by atoms with E-state index in [1.165, 1.54) is 0 Å². The zero-order valence-corrected chi connectivity index (χ0v) is 25.0. The summed E-state index contributed by atoms with van der Waals surface area (Å²) in [5.74, 6) is -1.34. The molecule has 0 aliphatic rings. The van der Waals surface area contributed by atoms with Crippen LogP contribution < -0.4 is 14.2 Å². The maximum absolute atomic E-state index is 13.7. The van der Waals surface area contributed by atoms with Gasteiger partial charge in [-0.2, -0.15) is 0 Å². The lowest BCUT2D eigenvalue weighted by molar-refractivity contribution is 0.0728. The van der Waals surface area contributed by atoms with Crippen LogP contribution in [0.5, 0.6) is 17.2 Å². The van der Waals surface area contributed by atoms with Crippen LogP contribution in [0.1, 0.15) is 31.1 Å². The number of esters is 3. The fourth-order valence-corrected chi connectivity index (χ4v) is 5.60. The molecular formula is C41H26O6. The van der Waals surface area contributed by atoms with E-state index in [1.54, 1.807) is 103 Å². The maximum Gasteiger partial charge on any atom is 0.343 e. The summed E-state index contributed by atoms with van der Waals surface area (Å²) in [6.45, 7) is 0. The van der Waals surface area contributed by atoms with Gasteiger partial charge in [0, 0.05) is 0 Å². The SMILES string of the molecule is O=C(Oc1cccc2c(-c3ccccc3)c3cccc(OC(=O)c4ccccc4)c3c(OC(=O)c3ccccc3)c12)c1ccccc1. The summed E-state index contributed by atoms with van der Waals surface area (Å²) in [7, 11) is 0. The van der Waals surface area contributed by atoms with Gasteiger partial charge in [0.25, 0.3) is 0 Å². The molecule has 0 radical (unpaired) electrons. The van der Waals surface area contributed by atoms with Crippen LogP contribution in [0, 0.1) is 0 Å². The smallest absolute Gasteiger partial charge is 0.343 e. The molecule has 0 N–H and O–H groups in total. The number of hydrogen-bond donors (Lipinski definition) is 0. The van der Waals surface area contributed by atoms with Gasteiger partial charge in [0.2, 0.25) is 0 Å². The van der Waals surface area contributed by atoms with Gasteiger partial charge in [-0.15, -0.1) is 0 Å². The molecule has 0 unspecified atom stereocenters. The predicted molar refractivity (Wildman–Crippen MR) is 181 cm³/mol. The van der Waals surface area contributed by atoms with Gasteiger partial charge in [-0.1, -0.05) is 109 Å². The van der Waals surface area contributed by atoms with Crippen molar-refractivity contribution in [2.75, 3.05) is 0 Å². The predicted octanol–water partition coefficient (Wildman–Crippen LogP) is 9.32. The Kier molecular flexibility index (Phi) is 7.97. The number of carbonyl (C=O) groups excluding carboxylic acids is 3. The molecule has 7 rings (SSSR count). The number of ether oxygens (including phenoxy) is 3. The third-order valence-corrected chi connectivity index (χ3v) is 7.74. The third kappa shape index (κ3) is 5.83. The van der Waals surface area contributed by atoms with E-state index in [1.807, 2.05) is 54.6 Å². The molecule has 0 heterocycles. The molecule has 0 fully saturated rings. The van der Waals surface area contributed by atoms with E-state index < -0.39 is 17.9 Å². The highest BCUT2D eigenvalue weighted by Gasteiger charge is 2.26. The van der Waals surface area contributed by atoms with Crippen molar-refractivity contribution >= 4 is 39.5 Å². The minimum atomic E-state index is -0.631. The molecule has 0 spiro atoms. The van der Waals surface area contributed by atoms with Crippen LogP contribution in [-0.2, 0) is 0 Å². The molecule has 0 saturated carbocycles. The quantitative estimate of drug-likeness (QED) is 0.101. The Morgan fingerprint density at radius 1 is 0.362 bits per heavy atom. The Balaban J connectivity index is 1.53. The zero-order valence-electron chi connectivity index (χ0n) is 25.0. The first-order chi connectivity index (χ1) is 23.1. The molecule has 6 nitrogen and oxygen atoms in total. The first kappa shape index (κ1) is 29.2. The molecule has 0 saturated heterocycles. The fraction of sp³-hybridized carbons (Fsp3) is 0. The normalized spacial score (nSPS) is 10.8. The third-order valence-electron chi connectivity index (χ3n) is 7.74. The van der Waals surface area contributed by atoms with E-state index in [4.69, 9.17) is 14.2 Å². The van der Waals surface area contributed by atoms with Gasteiger partial charge in [0.05, 0.1) is 27.5 Å². The minimum absolute atomic E-state index is 0.0939. The summed E-state index contributed by atoms with van der Waals surface area (Å²) in [6.07, 6.45) is 0. The second-order valence-corrected chi connectivity index (χ2v) is 10.7. The van der Waals surface area contributed by atoms with Crippen molar-refractivity contribution in [1.82, 2.24) is 0 Å². The summed E-state index contributed by atoms with van der Waals surface area (Å²) in [5.41, 5.74) is 2.67. The molecule has 0 bridgehead atoms. The van der Waals surface area contributed by atoms with Gasteiger partial charge < -0.3 is 14.2 Å². The van der Waals surface area contributed by atoms with E-state index in [0.29, 0.717) is 38.2 Å². The molecular weight excluding hydrogens is 588 g/mol. The lowest BCUT2D eigenvalue weighted by Crippen LogP contribution is -2.12. The number of benzene rings is 7. The van der Waals surface area contributed by atoms with Crippen molar-refractivity contribution in [1.29, 1.82) is 0 Å². The summed E-state index contributed by atoms with van der Waals surface area (Å²) in [6, 6.07) is 46.2. The summed E-state index contributed by atoms with van der Waals surface area (Å²) < 4.78 is 18.3. The molecule has 0 aromatic heterocycles. The first-order valence-electron chi connectivity index (χ1n) is 15.0. The highest BCUT2D eigenvalue weighted by molar-refractivity contribution is 6.21. The van der Waals surface area contributed by atoms with Gasteiger partial charge in [-0.25, -0.2) is 14.4 Å². The van der Waals surface area contributed by atoms with Gasteiger partial charge in [0.1, 0.15) is 11.5 Å². The molecule has 0 aliphatic carbocycles. The average molecular weight is 615 g/mol. The van der Waals surface area contributed by atoms with Crippen LogP contribution >= 0.6 is 0 Å². The van der Waals surface area contributed by atoms with Gasteiger partial charge in [-0.05, 0) is 70.4 Å². The Labute approximate surface area is 270 Å². The highest BCUT2D eigenvalue weighted by Crippen LogP contribution is 2.50. The van der Waals surface area contributed by atoms with E-state index in [-0.39, 0.29) is 17.2 Å². The van der Waals surface area contributed by atoms with E-state index in [0.717, 1.165) is 11.1 Å². The summed E-state index contributed by atoms with van der Waals surface area (Å²) >= 11 is 0. The summed E-state index contributed by atoms with van der Waals surface area (Å²) in [4.78, 5) is 40.5. The number of fused-ring (bicyclic) bond motifs is 2. The maximum atomic E-state index is 13.7. The van der Waals surface area contributed by atoms with Gasteiger partial charge >= 0.3 is 17.9 Å². The van der Waals surface area contributed by atoms with Crippen LogP contribution in [0.3, 0.4) is 0 Å². The largest absolute Gasteiger partial charge is 0.422 e. The average Bonchev–Trinajstić information content (AvgIpc) is 3.13. The standard InChI is InChI=1S/C41H26O6/c42-39(28-17-7-2-8-18-28)45-33-25-13-23-31-35(27-15-5-1-6-16-27)32-24-14-26-34(46-40(43)29-19-9-3-10-20-29)37(32)38(36(31)33)47-41(44)30-21-11-4-12-22-30/h1-26H. The minimum Gasteiger partial charge on any atom is -0.422 e. The Morgan fingerprint density at radius 2 is 0.723 bits per heavy atom. The topological polar surface area (TPSA) is 78.9 Å². The molecule has 226 valence electrons. The van der Waals surface area contributed by atoms with Crippen LogP contribution in [-0.4, -0.2) is 17.9 Å². The molecule has 6 heteroatoms. The van der Waals surface area contributed by atoms with Crippen molar-refractivity contribution in [2.45, 2.75) is 0 Å². The molecule has 0 amide bonds. The van der Waals surface area contributed by atoms with E-state index in [9.17, 15) is 14.4 Å². The number of rotatable bonds is 7. The lowest BCUT2D eigenvalue weighted by atomic mass is 9.90. The lowest BCUT2D eigenvalue weighted by Gasteiger charge is -2.20. The molecule has 47 heavy (non-hydrogen) atoms. The fourth-order valence-electron chi connectivity index (χ4n) is 5.60. The number of carbonyl (C=O) groups is 3. The van der Waals surface area contributed by atoms with Crippen molar-refractivity contribution < 1.29 is 28.6 Å². The van der Waals surface area contributed by atoms with Crippen LogP contribution in [0.25, 0.3) is 32.7 Å². The van der Waals surface area contributed by atoms with Crippen LogP contribution in [0.2, 0.25) is 0 Å². The van der Waals surface area contributed by atoms with Gasteiger partial charge in [-0.3, -0.25) is 0 Å². The molecule has 0 aliphatic heterocycles. The monoisotopic (exact) mass is 614 g/mol. The van der Waals surface area contributed by atoms with E-state index in [2.05, 4.69) is 0 Å². The van der Waals surface area contributed by atoms with Crippen molar-refractivity contribution in [3.63, 3.8) is 0 Å². The first-order valence-corrected chi connectivity index (χ1v) is 15.0. The Morgan fingerprint density at radius 3 is 1.13 bits per heavy atom. The molecule has 0 atom stereocenters. The Bertz CT molecular complexity index is 2130. The van der Waals surface area contributed by atoms with Crippen molar-refractivity contribution in [3.8, 4) is 28.4 Å². The second-order valence-electron chi connectivity index (χ2n) is 10.7.